The molecule has 6 nitrogen and oxygen atoms in total. The number of nitrogens with one attached hydrogen (secondary N) is 2. The standard InChI is InChI=1S/C16H22N2O4/c1-10-9-11(7-8-12(10)15(20)22-2)17-16(21)18-13-5-3-4-6-14(13)19/h7-9,13-14,19H,3-6H2,1-2H3,(H2,17,18,21). The third-order valence-corrected chi connectivity index (χ3v) is 3.94. The zero-order chi connectivity index (χ0) is 16.1. The summed E-state index contributed by atoms with van der Waals surface area (Å²) in [5.74, 6) is -0.404. The van der Waals surface area contributed by atoms with E-state index in [0.717, 1.165) is 31.2 Å². The fourth-order valence-electron chi connectivity index (χ4n) is 2.70. The number of rotatable bonds is 3. The van der Waals surface area contributed by atoms with Gasteiger partial charge in [-0.3, -0.25) is 0 Å². The molecule has 0 saturated heterocycles. The Labute approximate surface area is 129 Å². The Balaban J connectivity index is 1.96. The lowest BCUT2D eigenvalue weighted by Crippen LogP contribution is -2.46. The molecule has 0 aromatic heterocycles. The van der Waals surface area contributed by atoms with Gasteiger partial charge in [0.05, 0.1) is 24.8 Å². The molecular formula is C16H22N2O4. The van der Waals surface area contributed by atoms with Crippen molar-refractivity contribution in [2.75, 3.05) is 12.4 Å². The summed E-state index contributed by atoms with van der Waals surface area (Å²) in [6.45, 7) is 1.78. The topological polar surface area (TPSA) is 87.7 Å². The number of aliphatic hydroxyl groups is 1. The van der Waals surface area contributed by atoms with Gasteiger partial charge in [-0.15, -0.1) is 0 Å². The van der Waals surface area contributed by atoms with Crippen molar-refractivity contribution in [3.05, 3.63) is 29.3 Å². The van der Waals surface area contributed by atoms with Crippen LogP contribution in [0.25, 0.3) is 0 Å². The number of benzene rings is 1. The molecule has 0 aliphatic heterocycles. The van der Waals surface area contributed by atoms with Crippen LogP contribution in [0.5, 0.6) is 0 Å². The van der Waals surface area contributed by atoms with E-state index < -0.39 is 12.1 Å². The van der Waals surface area contributed by atoms with Crippen molar-refractivity contribution in [3.63, 3.8) is 0 Å². The molecule has 1 aromatic carbocycles. The largest absolute Gasteiger partial charge is 0.465 e. The van der Waals surface area contributed by atoms with Gasteiger partial charge in [0.2, 0.25) is 0 Å². The molecule has 1 aliphatic rings. The molecule has 2 rings (SSSR count). The molecule has 2 atom stereocenters. The number of carbonyl (C=O) groups excluding carboxylic acids is 2. The van der Waals surface area contributed by atoms with Gasteiger partial charge in [0, 0.05) is 5.69 Å². The maximum atomic E-state index is 12.0. The first-order chi connectivity index (χ1) is 10.5. The second-order valence-electron chi connectivity index (χ2n) is 5.58. The van der Waals surface area contributed by atoms with Crippen LogP contribution in [0, 0.1) is 6.92 Å². The number of hydrogen-bond acceptors (Lipinski definition) is 4. The number of amides is 2. The number of anilines is 1. The quantitative estimate of drug-likeness (QED) is 0.747. The molecule has 1 aromatic rings. The average Bonchev–Trinajstić information content (AvgIpc) is 2.49. The van der Waals surface area contributed by atoms with E-state index in [2.05, 4.69) is 15.4 Å². The SMILES string of the molecule is COC(=O)c1ccc(NC(=O)NC2CCCCC2O)cc1C. The van der Waals surface area contributed by atoms with Crippen LogP contribution in [-0.4, -0.2) is 36.4 Å². The zero-order valence-corrected chi connectivity index (χ0v) is 12.9. The van der Waals surface area contributed by atoms with Crippen LogP contribution in [0.15, 0.2) is 18.2 Å². The lowest BCUT2D eigenvalue weighted by Gasteiger charge is -2.28. The summed E-state index contributed by atoms with van der Waals surface area (Å²) in [6.07, 6.45) is 3.03. The Bertz CT molecular complexity index is 559. The third-order valence-electron chi connectivity index (χ3n) is 3.94. The summed E-state index contributed by atoms with van der Waals surface area (Å²) in [7, 11) is 1.33. The predicted molar refractivity (Wildman–Crippen MR) is 82.9 cm³/mol. The number of carbonyl (C=O) groups is 2. The van der Waals surface area contributed by atoms with Gasteiger partial charge in [0.25, 0.3) is 0 Å². The molecule has 0 spiro atoms. The Morgan fingerprint density at radius 2 is 2.00 bits per heavy atom. The van der Waals surface area contributed by atoms with Crippen molar-refractivity contribution in [2.45, 2.75) is 44.8 Å². The first kappa shape index (κ1) is 16.3. The maximum absolute atomic E-state index is 12.0. The van der Waals surface area contributed by atoms with E-state index in [0.29, 0.717) is 11.3 Å². The van der Waals surface area contributed by atoms with Crippen molar-refractivity contribution in [3.8, 4) is 0 Å². The minimum Gasteiger partial charge on any atom is -0.465 e. The fraction of sp³-hybridized carbons (Fsp3) is 0.500. The van der Waals surface area contributed by atoms with Gasteiger partial charge in [-0.05, 0) is 43.5 Å². The molecule has 22 heavy (non-hydrogen) atoms. The summed E-state index contributed by atoms with van der Waals surface area (Å²) in [4.78, 5) is 23.5. The second kappa shape index (κ2) is 7.26. The molecule has 1 aliphatic carbocycles. The van der Waals surface area contributed by atoms with Gasteiger partial charge in [-0.25, -0.2) is 9.59 Å². The number of aliphatic hydroxyl groups excluding tert-OH is 1. The Hall–Kier alpha value is -2.08. The molecule has 2 amide bonds. The Morgan fingerprint density at radius 3 is 2.64 bits per heavy atom. The van der Waals surface area contributed by atoms with Gasteiger partial charge in [0.15, 0.2) is 0 Å². The molecule has 0 heterocycles. The lowest BCUT2D eigenvalue weighted by atomic mass is 9.93. The first-order valence-corrected chi connectivity index (χ1v) is 7.46. The first-order valence-electron chi connectivity index (χ1n) is 7.46. The van der Waals surface area contributed by atoms with E-state index in [4.69, 9.17) is 0 Å². The van der Waals surface area contributed by atoms with Gasteiger partial charge in [-0.2, -0.15) is 0 Å². The fourth-order valence-corrected chi connectivity index (χ4v) is 2.70. The molecule has 0 bridgehead atoms. The van der Waals surface area contributed by atoms with E-state index in [1.54, 1.807) is 25.1 Å². The van der Waals surface area contributed by atoms with Crippen LogP contribution in [0.3, 0.4) is 0 Å². The minimum atomic E-state index is -0.483. The molecule has 0 radical (unpaired) electrons. The molecule has 1 saturated carbocycles. The van der Waals surface area contributed by atoms with Crippen molar-refractivity contribution in [1.82, 2.24) is 5.32 Å². The van der Waals surface area contributed by atoms with E-state index >= 15 is 0 Å². The summed E-state index contributed by atoms with van der Waals surface area (Å²) in [5.41, 5.74) is 1.78. The summed E-state index contributed by atoms with van der Waals surface area (Å²) < 4.78 is 4.68. The summed E-state index contributed by atoms with van der Waals surface area (Å²) in [5, 5.41) is 15.4. The second-order valence-corrected chi connectivity index (χ2v) is 5.58. The van der Waals surface area contributed by atoms with E-state index in [9.17, 15) is 14.7 Å². The number of hydrogen-bond donors (Lipinski definition) is 3. The third kappa shape index (κ3) is 3.98. The van der Waals surface area contributed by atoms with E-state index in [1.165, 1.54) is 7.11 Å². The summed E-state index contributed by atoms with van der Waals surface area (Å²) in [6, 6.07) is 4.42. The lowest BCUT2D eigenvalue weighted by molar-refractivity contribution is 0.0600. The monoisotopic (exact) mass is 306 g/mol. The van der Waals surface area contributed by atoms with Crippen molar-refractivity contribution >= 4 is 17.7 Å². The maximum Gasteiger partial charge on any atom is 0.338 e. The van der Waals surface area contributed by atoms with Crippen molar-refractivity contribution in [2.24, 2.45) is 0 Å². The van der Waals surface area contributed by atoms with Crippen LogP contribution in [0.4, 0.5) is 10.5 Å². The van der Waals surface area contributed by atoms with Gasteiger partial charge < -0.3 is 20.5 Å². The molecule has 3 N–H and O–H groups in total. The van der Waals surface area contributed by atoms with Crippen molar-refractivity contribution < 1.29 is 19.4 Å². The smallest absolute Gasteiger partial charge is 0.338 e. The normalized spacial score (nSPS) is 21.0. The van der Waals surface area contributed by atoms with Gasteiger partial charge in [0.1, 0.15) is 0 Å². The highest BCUT2D eigenvalue weighted by Gasteiger charge is 2.24. The Morgan fingerprint density at radius 1 is 1.27 bits per heavy atom. The number of esters is 1. The predicted octanol–water partition coefficient (Wildman–Crippen LogP) is 2.21. The molecule has 6 heteroatoms. The highest BCUT2D eigenvalue weighted by molar-refractivity contribution is 5.93. The molecular weight excluding hydrogens is 284 g/mol. The highest BCUT2D eigenvalue weighted by Crippen LogP contribution is 2.19. The number of urea groups is 1. The van der Waals surface area contributed by atoms with Crippen LogP contribution >= 0.6 is 0 Å². The van der Waals surface area contributed by atoms with Crippen LogP contribution in [0.1, 0.15) is 41.6 Å². The van der Waals surface area contributed by atoms with Crippen LogP contribution in [0.2, 0.25) is 0 Å². The summed E-state index contributed by atoms with van der Waals surface area (Å²) >= 11 is 0. The van der Waals surface area contributed by atoms with Crippen LogP contribution < -0.4 is 10.6 Å². The van der Waals surface area contributed by atoms with E-state index in [1.807, 2.05) is 0 Å². The van der Waals surface area contributed by atoms with Gasteiger partial charge >= 0.3 is 12.0 Å². The Kier molecular flexibility index (Phi) is 5.38. The van der Waals surface area contributed by atoms with Gasteiger partial charge in [-0.1, -0.05) is 12.8 Å². The molecule has 120 valence electrons. The number of aryl methyl sites for hydroxylation is 1. The van der Waals surface area contributed by atoms with Crippen molar-refractivity contribution in [1.29, 1.82) is 0 Å². The number of ether oxygens (including phenoxy) is 1. The number of methoxy groups -OCH3 is 1. The molecule has 1 fully saturated rings. The highest BCUT2D eigenvalue weighted by atomic mass is 16.5. The zero-order valence-electron chi connectivity index (χ0n) is 12.9. The minimum absolute atomic E-state index is 0.204. The average molecular weight is 306 g/mol. The van der Waals surface area contributed by atoms with E-state index in [-0.39, 0.29) is 12.1 Å². The molecule has 2 unspecified atom stereocenters. The van der Waals surface area contributed by atoms with Crippen LogP contribution in [-0.2, 0) is 4.74 Å².